The van der Waals surface area contributed by atoms with E-state index in [1.165, 1.54) is 0 Å². The second-order valence-corrected chi connectivity index (χ2v) is 5.71. The molecular weight excluding hydrogens is 292 g/mol. The van der Waals surface area contributed by atoms with E-state index in [-0.39, 0.29) is 19.3 Å². The molecule has 2 unspecified atom stereocenters. The Morgan fingerprint density at radius 3 is 2.48 bits per heavy atom. The minimum Gasteiger partial charge on any atom is -0.396 e. The van der Waals surface area contributed by atoms with E-state index in [4.69, 9.17) is 14.6 Å². The molecular formula is C19H22O4. The zero-order chi connectivity index (χ0) is 16.1. The van der Waals surface area contributed by atoms with Crippen molar-refractivity contribution in [2.45, 2.75) is 31.3 Å². The first-order chi connectivity index (χ1) is 11.3. The maximum Gasteiger partial charge on any atom is 0.223 e. The van der Waals surface area contributed by atoms with E-state index in [2.05, 4.69) is 0 Å². The molecule has 122 valence electrons. The van der Waals surface area contributed by atoms with Crippen LogP contribution in [0.1, 0.15) is 29.5 Å². The van der Waals surface area contributed by atoms with Crippen LogP contribution in [0.4, 0.5) is 0 Å². The van der Waals surface area contributed by atoms with Gasteiger partial charge in [-0.25, -0.2) is 0 Å². The number of aliphatic hydroxyl groups excluding tert-OH is 2. The van der Waals surface area contributed by atoms with Gasteiger partial charge >= 0.3 is 0 Å². The number of hydrogen-bond acceptors (Lipinski definition) is 4. The van der Waals surface area contributed by atoms with Gasteiger partial charge in [-0.2, -0.15) is 0 Å². The molecule has 0 saturated carbocycles. The maximum atomic E-state index is 9.70. The fraction of sp³-hybridized carbons (Fsp3) is 0.368. The Bertz CT molecular complexity index is 628. The predicted molar refractivity (Wildman–Crippen MR) is 86.7 cm³/mol. The van der Waals surface area contributed by atoms with Gasteiger partial charge in [-0.1, -0.05) is 54.6 Å². The third-order valence-electron chi connectivity index (χ3n) is 4.19. The summed E-state index contributed by atoms with van der Waals surface area (Å²) in [6.45, 7) is 0.541. The van der Waals surface area contributed by atoms with Crippen molar-refractivity contribution in [2.24, 2.45) is 0 Å². The molecule has 4 nitrogen and oxygen atoms in total. The largest absolute Gasteiger partial charge is 0.396 e. The highest BCUT2D eigenvalue weighted by atomic mass is 16.7. The first-order valence-corrected chi connectivity index (χ1v) is 7.97. The SMILES string of the molecule is OCCCC1COC(c2ccccc2)(c2ccccc2CO)O1. The Morgan fingerprint density at radius 2 is 1.74 bits per heavy atom. The summed E-state index contributed by atoms with van der Waals surface area (Å²) in [5.74, 6) is -0.999. The molecule has 1 saturated heterocycles. The molecule has 2 atom stereocenters. The predicted octanol–water partition coefficient (Wildman–Crippen LogP) is 2.57. The number of rotatable bonds is 6. The van der Waals surface area contributed by atoms with Crippen LogP contribution in [-0.2, 0) is 21.9 Å². The van der Waals surface area contributed by atoms with E-state index in [0.29, 0.717) is 13.0 Å². The van der Waals surface area contributed by atoms with Crippen molar-refractivity contribution < 1.29 is 19.7 Å². The van der Waals surface area contributed by atoms with Crippen LogP contribution < -0.4 is 0 Å². The molecule has 0 aliphatic carbocycles. The molecule has 4 heteroatoms. The Morgan fingerprint density at radius 1 is 1.00 bits per heavy atom. The molecule has 3 rings (SSSR count). The molecule has 1 fully saturated rings. The van der Waals surface area contributed by atoms with E-state index >= 15 is 0 Å². The lowest BCUT2D eigenvalue weighted by Gasteiger charge is -2.31. The van der Waals surface area contributed by atoms with E-state index in [9.17, 15) is 5.11 Å². The van der Waals surface area contributed by atoms with Gasteiger partial charge in [0.1, 0.15) is 0 Å². The first kappa shape index (κ1) is 16.1. The fourth-order valence-corrected chi connectivity index (χ4v) is 3.06. The van der Waals surface area contributed by atoms with Crippen LogP contribution in [0.25, 0.3) is 0 Å². The fourth-order valence-electron chi connectivity index (χ4n) is 3.06. The van der Waals surface area contributed by atoms with Gasteiger partial charge in [-0.15, -0.1) is 0 Å². The summed E-state index contributed by atoms with van der Waals surface area (Å²) in [6.07, 6.45) is 1.35. The second-order valence-electron chi connectivity index (χ2n) is 5.71. The first-order valence-electron chi connectivity index (χ1n) is 7.97. The van der Waals surface area contributed by atoms with Crippen LogP contribution in [0.15, 0.2) is 54.6 Å². The smallest absolute Gasteiger partial charge is 0.223 e. The highest BCUT2D eigenvalue weighted by molar-refractivity contribution is 5.39. The van der Waals surface area contributed by atoms with Crippen LogP contribution >= 0.6 is 0 Å². The monoisotopic (exact) mass is 314 g/mol. The van der Waals surface area contributed by atoms with E-state index in [1.54, 1.807) is 0 Å². The molecule has 2 N–H and O–H groups in total. The zero-order valence-electron chi connectivity index (χ0n) is 13.0. The molecule has 2 aromatic carbocycles. The maximum absolute atomic E-state index is 9.70. The number of hydrogen-bond donors (Lipinski definition) is 2. The molecule has 1 aliphatic rings. The highest BCUT2D eigenvalue weighted by Gasteiger charge is 2.45. The van der Waals surface area contributed by atoms with Gasteiger partial charge in [0.25, 0.3) is 0 Å². The molecule has 0 bridgehead atoms. The average molecular weight is 314 g/mol. The van der Waals surface area contributed by atoms with Crippen molar-refractivity contribution in [3.63, 3.8) is 0 Å². The van der Waals surface area contributed by atoms with Crippen LogP contribution in [0.2, 0.25) is 0 Å². The second kappa shape index (κ2) is 7.23. The summed E-state index contributed by atoms with van der Waals surface area (Å²) in [5, 5.41) is 18.7. The third kappa shape index (κ3) is 3.16. The standard InChI is InChI=1S/C19H22O4/c20-12-6-10-17-14-22-19(23-17,16-8-2-1-3-9-16)18-11-5-4-7-15(18)13-21/h1-5,7-9,11,17,20-21H,6,10,12-14H2. The Kier molecular flexibility index (Phi) is 5.08. The van der Waals surface area contributed by atoms with Crippen LogP contribution in [0, 0.1) is 0 Å². The van der Waals surface area contributed by atoms with Gasteiger partial charge in [0.2, 0.25) is 5.79 Å². The molecule has 0 amide bonds. The molecule has 2 aromatic rings. The number of aliphatic hydroxyl groups is 2. The van der Waals surface area contributed by atoms with Gasteiger partial charge < -0.3 is 19.7 Å². The van der Waals surface area contributed by atoms with Crippen molar-refractivity contribution in [1.29, 1.82) is 0 Å². The lowest BCUT2D eigenvalue weighted by Crippen LogP contribution is -2.31. The molecule has 0 spiro atoms. The van der Waals surface area contributed by atoms with Gasteiger partial charge in [-0.3, -0.25) is 0 Å². The zero-order valence-corrected chi connectivity index (χ0v) is 13.0. The van der Waals surface area contributed by atoms with Gasteiger partial charge in [-0.05, 0) is 18.4 Å². The quantitative estimate of drug-likeness (QED) is 0.860. The van der Waals surface area contributed by atoms with Gasteiger partial charge in [0, 0.05) is 17.7 Å². The van der Waals surface area contributed by atoms with Crippen molar-refractivity contribution in [3.8, 4) is 0 Å². The lowest BCUT2D eigenvalue weighted by atomic mass is 9.93. The van der Waals surface area contributed by atoms with Crippen molar-refractivity contribution >= 4 is 0 Å². The molecule has 1 aliphatic heterocycles. The van der Waals surface area contributed by atoms with Gasteiger partial charge in [0.05, 0.1) is 19.3 Å². The summed E-state index contributed by atoms with van der Waals surface area (Å²) in [4.78, 5) is 0. The summed E-state index contributed by atoms with van der Waals surface area (Å²) in [6, 6.07) is 17.4. The van der Waals surface area contributed by atoms with Crippen LogP contribution in [0.3, 0.4) is 0 Å². The van der Waals surface area contributed by atoms with Crippen LogP contribution in [-0.4, -0.2) is 29.5 Å². The Balaban J connectivity index is 2.02. The third-order valence-corrected chi connectivity index (χ3v) is 4.19. The summed E-state index contributed by atoms with van der Waals surface area (Å²) >= 11 is 0. The van der Waals surface area contributed by atoms with Crippen molar-refractivity contribution in [1.82, 2.24) is 0 Å². The normalized spacial score (nSPS) is 24.0. The number of benzene rings is 2. The van der Waals surface area contributed by atoms with Crippen LogP contribution in [0.5, 0.6) is 0 Å². The molecule has 23 heavy (non-hydrogen) atoms. The molecule has 1 heterocycles. The summed E-state index contributed by atoms with van der Waals surface area (Å²) in [5.41, 5.74) is 2.53. The van der Waals surface area contributed by atoms with E-state index in [1.807, 2.05) is 54.6 Å². The summed E-state index contributed by atoms with van der Waals surface area (Å²) in [7, 11) is 0. The van der Waals surface area contributed by atoms with E-state index in [0.717, 1.165) is 23.1 Å². The average Bonchev–Trinajstić information content (AvgIpc) is 3.06. The summed E-state index contributed by atoms with van der Waals surface area (Å²) < 4.78 is 12.5. The van der Waals surface area contributed by atoms with Crippen molar-refractivity contribution in [3.05, 3.63) is 71.3 Å². The Hall–Kier alpha value is -1.72. The lowest BCUT2D eigenvalue weighted by molar-refractivity contribution is -0.144. The highest BCUT2D eigenvalue weighted by Crippen LogP contribution is 2.42. The molecule has 0 radical (unpaired) electrons. The van der Waals surface area contributed by atoms with Crippen molar-refractivity contribution in [2.75, 3.05) is 13.2 Å². The van der Waals surface area contributed by atoms with E-state index < -0.39 is 5.79 Å². The minimum atomic E-state index is -0.999. The number of ether oxygens (including phenoxy) is 2. The minimum absolute atomic E-state index is 0.0707. The van der Waals surface area contributed by atoms with Gasteiger partial charge in [0.15, 0.2) is 0 Å². The molecule has 0 aromatic heterocycles. The Labute approximate surface area is 136 Å². The topological polar surface area (TPSA) is 58.9 Å².